The zero-order chi connectivity index (χ0) is 19.5. The van der Waals surface area contributed by atoms with E-state index >= 15 is 0 Å². The van der Waals surface area contributed by atoms with Gasteiger partial charge in [-0.15, -0.1) is 11.8 Å². The van der Waals surface area contributed by atoms with Crippen molar-refractivity contribution in [3.63, 3.8) is 0 Å². The molecule has 4 heterocycles. The van der Waals surface area contributed by atoms with E-state index in [1.807, 2.05) is 18.3 Å². The third kappa shape index (κ3) is 3.96. The van der Waals surface area contributed by atoms with Gasteiger partial charge in [-0.1, -0.05) is 6.92 Å². The van der Waals surface area contributed by atoms with Crippen LogP contribution in [0.5, 0.6) is 0 Å². The minimum Gasteiger partial charge on any atom is -0.379 e. The van der Waals surface area contributed by atoms with Crippen LogP contribution in [0.3, 0.4) is 0 Å². The van der Waals surface area contributed by atoms with Gasteiger partial charge in [0.25, 0.3) is 5.56 Å². The molecule has 8 nitrogen and oxygen atoms in total. The molecule has 1 saturated heterocycles. The Balaban J connectivity index is 1.66. The predicted octanol–water partition coefficient (Wildman–Crippen LogP) is 2.92. The number of rotatable bonds is 6. The first-order valence-electron chi connectivity index (χ1n) is 9.00. The third-order valence-electron chi connectivity index (χ3n) is 4.42. The second kappa shape index (κ2) is 8.42. The predicted molar refractivity (Wildman–Crippen MR) is 109 cm³/mol. The van der Waals surface area contributed by atoms with Gasteiger partial charge in [0.2, 0.25) is 5.28 Å². The molecule has 0 unspecified atom stereocenters. The summed E-state index contributed by atoms with van der Waals surface area (Å²) in [6, 6.07) is 3.86. The van der Waals surface area contributed by atoms with Crippen molar-refractivity contribution in [2.24, 2.45) is 0 Å². The average molecular weight is 419 g/mol. The molecule has 3 aromatic heterocycles. The SMILES string of the molecule is CCSc1ccc(CNc2nc3cnc(Cl)nc3n([C@H]3CCOC3)c2=O)nc1. The van der Waals surface area contributed by atoms with Crippen LogP contribution in [-0.2, 0) is 11.3 Å². The molecule has 0 bridgehead atoms. The van der Waals surface area contributed by atoms with E-state index < -0.39 is 0 Å². The number of nitrogens with zero attached hydrogens (tertiary/aromatic N) is 5. The average Bonchev–Trinajstić information content (AvgIpc) is 3.22. The van der Waals surface area contributed by atoms with Crippen LogP contribution < -0.4 is 10.9 Å². The molecule has 0 aliphatic carbocycles. The minimum absolute atomic E-state index is 0.0799. The van der Waals surface area contributed by atoms with Crippen LogP contribution in [0.4, 0.5) is 5.82 Å². The summed E-state index contributed by atoms with van der Waals surface area (Å²) < 4.78 is 7.07. The molecule has 28 heavy (non-hydrogen) atoms. The topological polar surface area (TPSA) is 94.8 Å². The summed E-state index contributed by atoms with van der Waals surface area (Å²) in [6.45, 7) is 3.55. The van der Waals surface area contributed by atoms with Crippen molar-refractivity contribution < 1.29 is 4.74 Å². The quantitative estimate of drug-likeness (QED) is 0.482. The Kier molecular flexibility index (Phi) is 5.74. The van der Waals surface area contributed by atoms with E-state index in [4.69, 9.17) is 16.3 Å². The number of aromatic nitrogens is 5. The van der Waals surface area contributed by atoms with Crippen LogP contribution in [0.25, 0.3) is 11.2 Å². The fourth-order valence-electron chi connectivity index (χ4n) is 3.10. The van der Waals surface area contributed by atoms with Crippen LogP contribution >= 0.6 is 23.4 Å². The Morgan fingerprint density at radius 3 is 2.93 bits per heavy atom. The van der Waals surface area contributed by atoms with Crippen molar-refractivity contribution in [3.05, 3.63) is 45.9 Å². The summed E-state index contributed by atoms with van der Waals surface area (Å²) >= 11 is 7.68. The van der Waals surface area contributed by atoms with Crippen molar-refractivity contribution in [3.8, 4) is 0 Å². The maximum absolute atomic E-state index is 13.1. The fraction of sp³-hybridized carbons (Fsp3) is 0.389. The van der Waals surface area contributed by atoms with Crippen molar-refractivity contribution in [1.82, 2.24) is 24.5 Å². The first kappa shape index (κ1) is 19.1. The van der Waals surface area contributed by atoms with Crippen molar-refractivity contribution in [1.29, 1.82) is 0 Å². The summed E-state index contributed by atoms with van der Waals surface area (Å²) in [5.41, 5.74) is 1.49. The van der Waals surface area contributed by atoms with Crippen molar-refractivity contribution >= 4 is 40.3 Å². The van der Waals surface area contributed by atoms with Crippen molar-refractivity contribution in [2.75, 3.05) is 24.3 Å². The van der Waals surface area contributed by atoms with Crippen LogP contribution in [0.15, 0.2) is 34.2 Å². The maximum Gasteiger partial charge on any atom is 0.295 e. The van der Waals surface area contributed by atoms with E-state index in [1.165, 1.54) is 6.20 Å². The second-order valence-corrected chi connectivity index (χ2v) is 7.95. The number of pyridine rings is 1. The van der Waals surface area contributed by atoms with Gasteiger partial charge in [-0.3, -0.25) is 14.3 Å². The number of fused-ring (bicyclic) bond motifs is 1. The number of hydrogen-bond acceptors (Lipinski definition) is 8. The molecular weight excluding hydrogens is 400 g/mol. The molecule has 3 aromatic rings. The van der Waals surface area contributed by atoms with Gasteiger partial charge in [0.15, 0.2) is 11.5 Å². The number of nitrogens with one attached hydrogen (secondary N) is 1. The molecule has 1 aliphatic rings. The standard InChI is InChI=1S/C18H19ClN6O2S/c1-2-28-13-4-3-11(20-8-13)7-21-15-17(26)25(12-5-6-27-10-12)16-14(23-15)9-22-18(19)24-16/h3-4,8-9,12H,2,5-7,10H2,1H3,(H,21,23)/t12-/m0/s1. The molecule has 1 fully saturated rings. The minimum atomic E-state index is -0.254. The van der Waals surface area contributed by atoms with Crippen molar-refractivity contribution in [2.45, 2.75) is 30.8 Å². The third-order valence-corrected chi connectivity index (χ3v) is 5.46. The first-order chi connectivity index (χ1) is 13.7. The summed E-state index contributed by atoms with van der Waals surface area (Å²) in [5, 5.41) is 3.19. The van der Waals surface area contributed by atoms with E-state index in [2.05, 4.69) is 32.2 Å². The van der Waals surface area contributed by atoms with Gasteiger partial charge in [0.05, 0.1) is 31.1 Å². The molecule has 0 aromatic carbocycles. The van der Waals surface area contributed by atoms with Gasteiger partial charge in [-0.25, -0.2) is 9.97 Å². The highest BCUT2D eigenvalue weighted by Gasteiger charge is 2.24. The molecule has 0 amide bonds. The van der Waals surface area contributed by atoms with E-state index in [-0.39, 0.29) is 22.7 Å². The Labute approximate surface area is 170 Å². The van der Waals surface area contributed by atoms with Gasteiger partial charge >= 0.3 is 0 Å². The summed E-state index contributed by atoms with van der Waals surface area (Å²) in [5.74, 6) is 1.23. The Hall–Kier alpha value is -2.23. The molecule has 0 spiro atoms. The highest BCUT2D eigenvalue weighted by Crippen LogP contribution is 2.22. The number of ether oxygens (including phenoxy) is 1. The second-order valence-electron chi connectivity index (χ2n) is 6.27. The Bertz CT molecular complexity index is 1040. The zero-order valence-corrected chi connectivity index (χ0v) is 16.8. The van der Waals surface area contributed by atoms with Crippen LogP contribution in [0.1, 0.15) is 25.1 Å². The van der Waals surface area contributed by atoms with E-state index in [0.29, 0.717) is 30.9 Å². The first-order valence-corrected chi connectivity index (χ1v) is 10.4. The van der Waals surface area contributed by atoms with Crippen LogP contribution in [0.2, 0.25) is 5.28 Å². The molecular formula is C18H19ClN6O2S. The zero-order valence-electron chi connectivity index (χ0n) is 15.3. The van der Waals surface area contributed by atoms with E-state index in [9.17, 15) is 4.79 Å². The molecule has 146 valence electrons. The normalized spacial score (nSPS) is 16.6. The monoisotopic (exact) mass is 418 g/mol. The summed E-state index contributed by atoms with van der Waals surface area (Å²) in [7, 11) is 0. The van der Waals surface area contributed by atoms with E-state index in [1.54, 1.807) is 16.3 Å². The summed E-state index contributed by atoms with van der Waals surface area (Å²) in [6.07, 6.45) is 4.10. The molecule has 1 aliphatic heterocycles. The number of anilines is 1. The Morgan fingerprint density at radius 1 is 1.32 bits per heavy atom. The van der Waals surface area contributed by atoms with Gasteiger partial charge in [-0.2, -0.15) is 4.98 Å². The lowest BCUT2D eigenvalue weighted by Gasteiger charge is -2.16. The molecule has 10 heteroatoms. The van der Waals surface area contributed by atoms with Gasteiger partial charge < -0.3 is 10.1 Å². The van der Waals surface area contributed by atoms with Gasteiger partial charge in [0, 0.05) is 17.7 Å². The maximum atomic E-state index is 13.1. The molecule has 4 rings (SSSR count). The molecule has 0 radical (unpaired) electrons. The molecule has 1 atom stereocenters. The number of halogens is 1. The molecule has 0 saturated carbocycles. The van der Waals surface area contributed by atoms with Crippen LogP contribution in [0, 0.1) is 0 Å². The summed E-state index contributed by atoms with van der Waals surface area (Å²) in [4.78, 5) is 31.3. The fourth-order valence-corrected chi connectivity index (χ4v) is 3.86. The largest absolute Gasteiger partial charge is 0.379 e. The Morgan fingerprint density at radius 2 is 2.21 bits per heavy atom. The van der Waals surface area contributed by atoms with Crippen LogP contribution in [-0.4, -0.2) is 43.5 Å². The van der Waals surface area contributed by atoms with Gasteiger partial charge in [-0.05, 0) is 35.9 Å². The lowest BCUT2D eigenvalue weighted by Crippen LogP contribution is -2.30. The highest BCUT2D eigenvalue weighted by atomic mass is 35.5. The lowest BCUT2D eigenvalue weighted by molar-refractivity contribution is 0.186. The highest BCUT2D eigenvalue weighted by molar-refractivity contribution is 7.99. The smallest absolute Gasteiger partial charge is 0.295 e. The lowest BCUT2D eigenvalue weighted by atomic mass is 10.2. The number of thioether (sulfide) groups is 1. The molecule has 1 N–H and O–H groups in total. The number of hydrogen-bond donors (Lipinski definition) is 1. The van der Waals surface area contributed by atoms with Gasteiger partial charge in [0.1, 0.15) is 5.52 Å². The van der Waals surface area contributed by atoms with E-state index in [0.717, 1.165) is 22.8 Å².